The standard InChI is InChI=1S/C15H17N3O2/c1-18(2)14-6-4-3-5-13(14)17-15(20)11-9-10(19)7-8-12(11)16/h3-9,19H,16H2,1-2H3,(H,17,20). The number of nitrogens with one attached hydrogen (secondary N) is 1. The lowest BCUT2D eigenvalue weighted by atomic mass is 10.1. The lowest BCUT2D eigenvalue weighted by Crippen LogP contribution is -2.17. The summed E-state index contributed by atoms with van der Waals surface area (Å²) in [4.78, 5) is 14.1. The van der Waals surface area contributed by atoms with E-state index in [0.717, 1.165) is 5.69 Å². The van der Waals surface area contributed by atoms with Gasteiger partial charge in [0, 0.05) is 19.8 Å². The molecule has 0 atom stereocenters. The van der Waals surface area contributed by atoms with Gasteiger partial charge in [-0.15, -0.1) is 0 Å². The van der Waals surface area contributed by atoms with Crippen LogP contribution in [-0.4, -0.2) is 25.1 Å². The van der Waals surface area contributed by atoms with Gasteiger partial charge in [-0.25, -0.2) is 0 Å². The lowest BCUT2D eigenvalue weighted by Gasteiger charge is -2.18. The van der Waals surface area contributed by atoms with Crippen LogP contribution in [0.5, 0.6) is 5.75 Å². The lowest BCUT2D eigenvalue weighted by molar-refractivity contribution is 0.102. The number of benzene rings is 2. The molecule has 2 aromatic rings. The van der Waals surface area contributed by atoms with Crippen LogP contribution in [0.4, 0.5) is 17.1 Å². The molecule has 2 rings (SSSR count). The molecule has 0 saturated carbocycles. The third-order valence-corrected chi connectivity index (χ3v) is 2.92. The monoisotopic (exact) mass is 271 g/mol. The molecule has 20 heavy (non-hydrogen) atoms. The van der Waals surface area contributed by atoms with Gasteiger partial charge in [0.1, 0.15) is 5.75 Å². The number of phenols is 1. The van der Waals surface area contributed by atoms with E-state index in [4.69, 9.17) is 5.73 Å². The van der Waals surface area contributed by atoms with E-state index in [-0.39, 0.29) is 17.2 Å². The highest BCUT2D eigenvalue weighted by atomic mass is 16.3. The second-order valence-corrected chi connectivity index (χ2v) is 4.64. The van der Waals surface area contributed by atoms with Gasteiger partial charge >= 0.3 is 0 Å². The van der Waals surface area contributed by atoms with E-state index >= 15 is 0 Å². The van der Waals surface area contributed by atoms with Crippen LogP contribution in [-0.2, 0) is 0 Å². The van der Waals surface area contributed by atoms with Crippen molar-refractivity contribution in [3.8, 4) is 5.75 Å². The largest absolute Gasteiger partial charge is 0.508 e. The first-order valence-electron chi connectivity index (χ1n) is 6.15. The number of nitrogens with zero attached hydrogens (tertiary/aromatic N) is 1. The fourth-order valence-corrected chi connectivity index (χ4v) is 1.90. The average Bonchev–Trinajstić information content (AvgIpc) is 2.41. The summed E-state index contributed by atoms with van der Waals surface area (Å²) >= 11 is 0. The molecule has 104 valence electrons. The van der Waals surface area contributed by atoms with Crippen LogP contribution < -0.4 is 16.0 Å². The van der Waals surface area contributed by atoms with Crippen molar-refractivity contribution in [3.63, 3.8) is 0 Å². The zero-order valence-corrected chi connectivity index (χ0v) is 11.4. The van der Waals surface area contributed by atoms with Crippen LogP contribution in [0.1, 0.15) is 10.4 Å². The highest BCUT2D eigenvalue weighted by Crippen LogP contribution is 2.25. The second kappa shape index (κ2) is 5.52. The van der Waals surface area contributed by atoms with Crippen LogP contribution >= 0.6 is 0 Å². The van der Waals surface area contributed by atoms with E-state index in [1.165, 1.54) is 18.2 Å². The Labute approximate surface area is 117 Å². The molecule has 0 aromatic heterocycles. The summed E-state index contributed by atoms with van der Waals surface area (Å²) in [7, 11) is 3.79. The van der Waals surface area contributed by atoms with Gasteiger partial charge < -0.3 is 21.1 Å². The van der Waals surface area contributed by atoms with Gasteiger partial charge in [0.2, 0.25) is 0 Å². The third kappa shape index (κ3) is 2.83. The molecule has 1 amide bonds. The van der Waals surface area contributed by atoms with Gasteiger partial charge in [-0.3, -0.25) is 4.79 Å². The topological polar surface area (TPSA) is 78.6 Å². The first-order valence-corrected chi connectivity index (χ1v) is 6.15. The molecule has 2 aromatic carbocycles. The molecule has 0 saturated heterocycles. The maximum Gasteiger partial charge on any atom is 0.257 e. The number of phenolic OH excluding ortho intramolecular Hbond substituents is 1. The minimum Gasteiger partial charge on any atom is -0.508 e. The number of carbonyl (C=O) groups is 1. The highest BCUT2D eigenvalue weighted by Gasteiger charge is 2.13. The number of rotatable bonds is 3. The summed E-state index contributed by atoms with van der Waals surface area (Å²) in [6.45, 7) is 0. The zero-order valence-electron chi connectivity index (χ0n) is 11.4. The van der Waals surface area contributed by atoms with Crippen molar-refractivity contribution in [1.82, 2.24) is 0 Å². The van der Waals surface area contributed by atoms with Crippen molar-refractivity contribution in [3.05, 3.63) is 48.0 Å². The Morgan fingerprint density at radius 2 is 1.90 bits per heavy atom. The maximum absolute atomic E-state index is 12.2. The summed E-state index contributed by atoms with van der Waals surface area (Å²) < 4.78 is 0. The minimum absolute atomic E-state index is 0.00486. The van der Waals surface area contributed by atoms with Crippen LogP contribution in [0.2, 0.25) is 0 Å². The first kappa shape index (κ1) is 13.7. The van der Waals surface area contributed by atoms with Crippen molar-refractivity contribution >= 4 is 23.0 Å². The molecular formula is C15H17N3O2. The number of nitrogen functional groups attached to an aromatic ring is 1. The smallest absolute Gasteiger partial charge is 0.257 e. The van der Waals surface area contributed by atoms with Gasteiger partial charge in [0.15, 0.2) is 0 Å². The Morgan fingerprint density at radius 3 is 2.60 bits per heavy atom. The maximum atomic E-state index is 12.2. The fraction of sp³-hybridized carbons (Fsp3) is 0.133. The van der Waals surface area contributed by atoms with E-state index in [0.29, 0.717) is 11.4 Å². The van der Waals surface area contributed by atoms with Gasteiger partial charge in [0.05, 0.1) is 16.9 Å². The summed E-state index contributed by atoms with van der Waals surface area (Å²) in [5.41, 5.74) is 7.90. The second-order valence-electron chi connectivity index (χ2n) is 4.64. The number of carbonyl (C=O) groups excluding carboxylic acids is 1. The molecule has 0 heterocycles. The van der Waals surface area contributed by atoms with Crippen LogP contribution in [0, 0.1) is 0 Å². The van der Waals surface area contributed by atoms with Crippen molar-refractivity contribution in [2.45, 2.75) is 0 Å². The molecule has 5 heteroatoms. The SMILES string of the molecule is CN(C)c1ccccc1NC(=O)c1cc(O)ccc1N. The Morgan fingerprint density at radius 1 is 1.20 bits per heavy atom. The molecular weight excluding hydrogens is 254 g/mol. The number of hydrogen-bond donors (Lipinski definition) is 3. The van der Waals surface area contributed by atoms with Gasteiger partial charge in [-0.05, 0) is 30.3 Å². The van der Waals surface area contributed by atoms with E-state index in [9.17, 15) is 9.90 Å². The summed E-state index contributed by atoms with van der Waals surface area (Å²) in [5, 5.41) is 12.3. The van der Waals surface area contributed by atoms with Crippen LogP contribution in [0.3, 0.4) is 0 Å². The van der Waals surface area contributed by atoms with Crippen molar-refractivity contribution in [2.75, 3.05) is 30.0 Å². The van der Waals surface area contributed by atoms with Crippen LogP contribution in [0.15, 0.2) is 42.5 Å². The number of amides is 1. The predicted molar refractivity (Wildman–Crippen MR) is 81.2 cm³/mol. The first-order chi connectivity index (χ1) is 9.49. The molecule has 0 aliphatic heterocycles. The van der Waals surface area contributed by atoms with Gasteiger partial charge in [0.25, 0.3) is 5.91 Å². The molecule has 0 bridgehead atoms. The molecule has 0 spiro atoms. The number of hydrogen-bond acceptors (Lipinski definition) is 4. The quantitative estimate of drug-likeness (QED) is 0.591. The molecule has 0 radical (unpaired) electrons. The van der Waals surface area contributed by atoms with Gasteiger partial charge in [-0.2, -0.15) is 0 Å². The Balaban J connectivity index is 2.31. The molecule has 0 aliphatic rings. The number of nitrogens with two attached hydrogens (primary N) is 1. The third-order valence-electron chi connectivity index (χ3n) is 2.92. The van der Waals surface area contributed by atoms with E-state index < -0.39 is 0 Å². The fourth-order valence-electron chi connectivity index (χ4n) is 1.90. The number of para-hydroxylation sites is 2. The van der Waals surface area contributed by atoms with E-state index in [2.05, 4.69) is 5.32 Å². The average molecular weight is 271 g/mol. The van der Waals surface area contributed by atoms with Crippen molar-refractivity contribution in [1.29, 1.82) is 0 Å². The summed E-state index contributed by atoms with van der Waals surface area (Å²) in [6, 6.07) is 11.8. The predicted octanol–water partition coefficient (Wildman–Crippen LogP) is 2.29. The van der Waals surface area contributed by atoms with Crippen LogP contribution in [0.25, 0.3) is 0 Å². The summed E-state index contributed by atoms with van der Waals surface area (Å²) in [6.07, 6.45) is 0. The number of aromatic hydroxyl groups is 1. The van der Waals surface area contributed by atoms with Crippen molar-refractivity contribution in [2.24, 2.45) is 0 Å². The molecule has 0 unspecified atom stereocenters. The van der Waals surface area contributed by atoms with E-state index in [1.807, 2.05) is 43.3 Å². The molecule has 0 aliphatic carbocycles. The minimum atomic E-state index is -0.354. The Bertz CT molecular complexity index is 639. The molecule has 5 nitrogen and oxygen atoms in total. The normalized spacial score (nSPS) is 10.1. The number of anilines is 3. The highest BCUT2D eigenvalue weighted by molar-refractivity contribution is 6.09. The van der Waals surface area contributed by atoms with Gasteiger partial charge in [-0.1, -0.05) is 12.1 Å². The van der Waals surface area contributed by atoms with E-state index in [1.54, 1.807) is 0 Å². The summed E-state index contributed by atoms with van der Waals surface area (Å²) in [5.74, 6) is -0.349. The van der Waals surface area contributed by atoms with Crippen molar-refractivity contribution < 1.29 is 9.90 Å². The molecule has 4 N–H and O–H groups in total. The Hall–Kier alpha value is -2.69. The Kier molecular flexibility index (Phi) is 3.79. The zero-order chi connectivity index (χ0) is 14.7. The molecule has 0 fully saturated rings.